The first-order valence-corrected chi connectivity index (χ1v) is 6.00. The Bertz CT molecular complexity index is 456. The second-order valence-corrected chi connectivity index (χ2v) is 4.87. The lowest BCUT2D eigenvalue weighted by molar-refractivity contribution is 0.0600. The van der Waals surface area contributed by atoms with E-state index in [4.69, 9.17) is 0 Å². The number of nitrogens with one attached hydrogen (secondary N) is 1. The fourth-order valence-corrected chi connectivity index (χ4v) is 2.53. The van der Waals surface area contributed by atoms with Gasteiger partial charge in [0.25, 0.3) is 5.91 Å². The minimum Gasteiger partial charge on any atom is -0.330 e. The Morgan fingerprint density at radius 2 is 2.24 bits per heavy atom. The molecule has 1 aliphatic carbocycles. The lowest BCUT2D eigenvalue weighted by Crippen LogP contribution is -2.55. The maximum absolute atomic E-state index is 13.1. The number of halogens is 1. The fourth-order valence-electron chi connectivity index (χ4n) is 2.53. The van der Waals surface area contributed by atoms with E-state index in [9.17, 15) is 9.18 Å². The number of carbonyl (C=O) groups excluding carboxylic acids is 1. The molecule has 2 aliphatic rings. The largest absolute Gasteiger partial charge is 0.330 e. The van der Waals surface area contributed by atoms with Gasteiger partial charge in [-0.1, -0.05) is 6.07 Å². The molecule has 0 bridgehead atoms. The van der Waals surface area contributed by atoms with Crippen molar-refractivity contribution in [3.8, 4) is 0 Å². The number of hydrogen-bond acceptors (Lipinski definition) is 2. The van der Waals surface area contributed by atoms with Gasteiger partial charge in [0.1, 0.15) is 5.82 Å². The predicted octanol–water partition coefficient (Wildman–Crippen LogP) is 1.40. The lowest BCUT2D eigenvalue weighted by Gasteiger charge is -2.36. The van der Waals surface area contributed by atoms with Crippen molar-refractivity contribution >= 4 is 5.91 Å². The first kappa shape index (κ1) is 10.7. The first-order chi connectivity index (χ1) is 8.21. The molecule has 0 unspecified atom stereocenters. The standard InChI is InChI=1S/C13H15FN2O/c14-11-3-1-2-10(8-11)12(17)16-7-6-15-9-13(16)4-5-13/h1-3,8,15H,4-7,9H2. The van der Waals surface area contributed by atoms with Crippen molar-refractivity contribution in [3.63, 3.8) is 0 Å². The molecule has 1 aromatic carbocycles. The second kappa shape index (κ2) is 3.81. The smallest absolute Gasteiger partial charge is 0.254 e. The Kier molecular flexibility index (Phi) is 2.40. The van der Waals surface area contributed by atoms with Gasteiger partial charge in [0, 0.05) is 25.2 Å². The molecule has 1 spiro atoms. The highest BCUT2D eigenvalue weighted by Crippen LogP contribution is 2.42. The number of nitrogens with zero attached hydrogens (tertiary/aromatic N) is 1. The van der Waals surface area contributed by atoms with E-state index in [1.165, 1.54) is 12.1 Å². The van der Waals surface area contributed by atoms with E-state index in [0.29, 0.717) is 5.56 Å². The molecule has 2 fully saturated rings. The van der Waals surface area contributed by atoms with Crippen molar-refractivity contribution in [2.24, 2.45) is 0 Å². The molecule has 1 aromatic rings. The van der Waals surface area contributed by atoms with E-state index >= 15 is 0 Å². The Balaban J connectivity index is 1.86. The molecule has 0 radical (unpaired) electrons. The number of rotatable bonds is 1. The summed E-state index contributed by atoms with van der Waals surface area (Å²) in [4.78, 5) is 14.3. The fraction of sp³-hybridized carbons (Fsp3) is 0.462. The van der Waals surface area contributed by atoms with Crippen LogP contribution in [0.25, 0.3) is 0 Å². The highest BCUT2D eigenvalue weighted by molar-refractivity contribution is 5.95. The third-order valence-electron chi connectivity index (χ3n) is 3.68. The van der Waals surface area contributed by atoms with Crippen LogP contribution >= 0.6 is 0 Å². The average Bonchev–Trinajstić information content (AvgIpc) is 3.09. The topological polar surface area (TPSA) is 32.3 Å². The monoisotopic (exact) mass is 234 g/mol. The van der Waals surface area contributed by atoms with Crippen molar-refractivity contribution in [2.45, 2.75) is 18.4 Å². The molecule has 1 aliphatic heterocycles. The molecule has 4 heteroatoms. The van der Waals surface area contributed by atoms with E-state index in [1.807, 2.05) is 4.90 Å². The molecule has 1 saturated heterocycles. The molecule has 1 N–H and O–H groups in total. The molecule has 0 atom stereocenters. The van der Waals surface area contributed by atoms with Crippen LogP contribution in [0.5, 0.6) is 0 Å². The van der Waals surface area contributed by atoms with Crippen molar-refractivity contribution in [3.05, 3.63) is 35.6 Å². The lowest BCUT2D eigenvalue weighted by atomic mass is 10.1. The zero-order valence-electron chi connectivity index (χ0n) is 9.58. The molecule has 17 heavy (non-hydrogen) atoms. The first-order valence-electron chi connectivity index (χ1n) is 6.00. The highest BCUT2D eigenvalue weighted by Gasteiger charge is 2.51. The van der Waals surface area contributed by atoms with E-state index in [1.54, 1.807) is 12.1 Å². The van der Waals surface area contributed by atoms with Gasteiger partial charge < -0.3 is 10.2 Å². The summed E-state index contributed by atoms with van der Waals surface area (Å²) >= 11 is 0. The van der Waals surface area contributed by atoms with Crippen LogP contribution in [0.1, 0.15) is 23.2 Å². The molecular weight excluding hydrogens is 219 g/mol. The third-order valence-corrected chi connectivity index (χ3v) is 3.68. The van der Waals surface area contributed by atoms with Crippen molar-refractivity contribution < 1.29 is 9.18 Å². The molecule has 3 nitrogen and oxygen atoms in total. The van der Waals surface area contributed by atoms with E-state index < -0.39 is 0 Å². The van der Waals surface area contributed by atoms with Gasteiger partial charge in [-0.05, 0) is 31.0 Å². The summed E-state index contributed by atoms with van der Waals surface area (Å²) in [6.07, 6.45) is 2.11. The normalized spacial score (nSPS) is 21.6. The van der Waals surface area contributed by atoms with Crippen LogP contribution < -0.4 is 5.32 Å². The quantitative estimate of drug-likeness (QED) is 0.796. The van der Waals surface area contributed by atoms with E-state index in [0.717, 1.165) is 32.5 Å². The summed E-state index contributed by atoms with van der Waals surface area (Å²) in [5.41, 5.74) is 0.472. The minimum atomic E-state index is -0.351. The second-order valence-electron chi connectivity index (χ2n) is 4.87. The van der Waals surface area contributed by atoms with Crippen LogP contribution in [-0.2, 0) is 0 Å². The number of carbonyl (C=O) groups is 1. The highest BCUT2D eigenvalue weighted by atomic mass is 19.1. The average molecular weight is 234 g/mol. The molecule has 3 rings (SSSR count). The summed E-state index contributed by atoms with van der Waals surface area (Å²) in [7, 11) is 0. The Hall–Kier alpha value is -1.42. The number of piperazine rings is 1. The van der Waals surface area contributed by atoms with E-state index in [-0.39, 0.29) is 17.3 Å². The maximum atomic E-state index is 13.1. The summed E-state index contributed by atoms with van der Waals surface area (Å²) in [5.74, 6) is -0.390. The Labute approximate surface area is 99.6 Å². The van der Waals surface area contributed by atoms with Gasteiger partial charge in [0.15, 0.2) is 0 Å². The van der Waals surface area contributed by atoms with Gasteiger partial charge in [-0.25, -0.2) is 4.39 Å². The van der Waals surface area contributed by atoms with Crippen LogP contribution in [0.15, 0.2) is 24.3 Å². The van der Waals surface area contributed by atoms with Crippen LogP contribution in [-0.4, -0.2) is 36.0 Å². The van der Waals surface area contributed by atoms with Crippen LogP contribution in [0.4, 0.5) is 4.39 Å². The maximum Gasteiger partial charge on any atom is 0.254 e. The van der Waals surface area contributed by atoms with Crippen molar-refractivity contribution in [1.29, 1.82) is 0 Å². The van der Waals surface area contributed by atoms with Gasteiger partial charge >= 0.3 is 0 Å². The molecule has 1 amide bonds. The molecule has 0 aromatic heterocycles. The van der Waals surface area contributed by atoms with Gasteiger partial charge in [-0.3, -0.25) is 4.79 Å². The summed E-state index contributed by atoms with van der Waals surface area (Å²) in [6.45, 7) is 2.41. The zero-order chi connectivity index (χ0) is 11.9. The van der Waals surface area contributed by atoms with Gasteiger partial charge in [0.2, 0.25) is 0 Å². The van der Waals surface area contributed by atoms with Crippen LogP contribution in [0.3, 0.4) is 0 Å². The summed E-state index contributed by atoms with van der Waals surface area (Å²) in [6, 6.07) is 5.95. The third kappa shape index (κ3) is 1.82. The van der Waals surface area contributed by atoms with E-state index in [2.05, 4.69) is 5.32 Å². The van der Waals surface area contributed by atoms with Gasteiger partial charge in [0.05, 0.1) is 5.54 Å². The predicted molar refractivity (Wildman–Crippen MR) is 62.3 cm³/mol. The summed E-state index contributed by atoms with van der Waals surface area (Å²) < 4.78 is 13.1. The number of hydrogen-bond donors (Lipinski definition) is 1. The molecule has 90 valence electrons. The molecule has 1 saturated carbocycles. The Morgan fingerprint density at radius 1 is 1.41 bits per heavy atom. The Morgan fingerprint density at radius 3 is 2.94 bits per heavy atom. The van der Waals surface area contributed by atoms with Gasteiger partial charge in [-0.2, -0.15) is 0 Å². The van der Waals surface area contributed by atoms with Crippen LogP contribution in [0, 0.1) is 5.82 Å². The zero-order valence-corrected chi connectivity index (χ0v) is 9.58. The number of benzene rings is 1. The van der Waals surface area contributed by atoms with Crippen molar-refractivity contribution in [1.82, 2.24) is 10.2 Å². The SMILES string of the molecule is O=C(c1cccc(F)c1)N1CCNCC12CC2. The van der Waals surface area contributed by atoms with Crippen molar-refractivity contribution in [2.75, 3.05) is 19.6 Å². The summed E-state index contributed by atoms with van der Waals surface area (Å²) in [5, 5.41) is 3.32. The number of amides is 1. The van der Waals surface area contributed by atoms with Crippen LogP contribution in [0.2, 0.25) is 0 Å². The molecule has 1 heterocycles. The van der Waals surface area contributed by atoms with Gasteiger partial charge in [-0.15, -0.1) is 0 Å². The molecular formula is C13H15FN2O. The minimum absolute atomic E-state index is 0.0155.